The molecular weight excluding hydrogens is 291 g/mol. The van der Waals surface area contributed by atoms with Crippen LogP contribution in [0, 0.1) is 0 Å². The van der Waals surface area contributed by atoms with Gasteiger partial charge >= 0.3 is 7.82 Å². The third-order valence-corrected chi connectivity index (χ3v) is 0.714. The maximum absolute atomic E-state index is 9.47. The molecule has 13 heteroatoms. The number of phosphoric acid groups is 1. The second-order valence-corrected chi connectivity index (χ2v) is 6.42. The van der Waals surface area contributed by atoms with Crippen LogP contribution in [-0.4, -0.2) is 55.3 Å². The minimum atomic E-state index is -4.15. The van der Waals surface area contributed by atoms with Gasteiger partial charge in [-0.25, -0.2) is 4.57 Å². The predicted molar refractivity (Wildman–Crippen MR) is 54.0 cm³/mol. The molecule has 102 valence electrons. The molecule has 0 aliphatic rings. The molecule has 10 nitrogen and oxygen atoms in total. The van der Waals surface area contributed by atoms with Crippen LogP contribution in [0.25, 0.3) is 0 Å². The standard InChI is InChI=1S/CH5O4P.2CH4O3S/c1-5-6(2,3)4;2*1-5(2,3)4/h1H3,(H2,2,3,4);2*1H3,(H,2,3,4). The summed E-state index contributed by atoms with van der Waals surface area (Å²) in [5.74, 6) is 0. The van der Waals surface area contributed by atoms with Gasteiger partial charge in [-0.1, -0.05) is 0 Å². The summed E-state index contributed by atoms with van der Waals surface area (Å²) in [5.41, 5.74) is 0. The Morgan fingerprint density at radius 3 is 1.00 bits per heavy atom. The fourth-order valence-corrected chi connectivity index (χ4v) is 0. The highest BCUT2D eigenvalue weighted by Gasteiger charge is 2.07. The molecule has 0 heterocycles. The minimum Gasteiger partial charge on any atom is -0.303 e. The van der Waals surface area contributed by atoms with E-state index in [-0.39, 0.29) is 0 Å². The molecule has 0 bridgehead atoms. The smallest absolute Gasteiger partial charge is 0.303 e. The Kier molecular flexibility index (Phi) is 10.7. The van der Waals surface area contributed by atoms with E-state index in [0.717, 1.165) is 7.11 Å². The summed E-state index contributed by atoms with van der Waals surface area (Å²) in [5, 5.41) is 0. The lowest BCUT2D eigenvalue weighted by atomic mass is 11.8. The molecule has 0 amide bonds. The Balaban J connectivity index is -0.000000160. The Morgan fingerprint density at radius 2 is 1.00 bits per heavy atom. The summed E-state index contributed by atoms with van der Waals surface area (Å²) in [4.78, 5) is 15.4. The Morgan fingerprint density at radius 1 is 0.938 bits per heavy atom. The third kappa shape index (κ3) is 271. The van der Waals surface area contributed by atoms with Crippen molar-refractivity contribution in [2.75, 3.05) is 19.6 Å². The molecule has 0 saturated carbocycles. The van der Waals surface area contributed by atoms with Crippen LogP contribution in [0.2, 0.25) is 0 Å². The summed E-state index contributed by atoms with van der Waals surface area (Å²) in [7, 11) is -10.5. The van der Waals surface area contributed by atoms with Crippen molar-refractivity contribution in [2.45, 2.75) is 0 Å². The molecule has 0 fully saturated rings. The predicted octanol–water partition coefficient (Wildman–Crippen LogP) is -1.27. The van der Waals surface area contributed by atoms with Crippen molar-refractivity contribution in [1.29, 1.82) is 0 Å². The highest BCUT2D eigenvalue weighted by molar-refractivity contribution is 7.85. The molecule has 0 spiro atoms. The van der Waals surface area contributed by atoms with Crippen molar-refractivity contribution in [2.24, 2.45) is 0 Å². The van der Waals surface area contributed by atoms with Gasteiger partial charge in [0, 0.05) is 7.11 Å². The first-order chi connectivity index (χ1) is 6.56. The second-order valence-electron chi connectivity index (χ2n) is 2.14. The molecule has 4 N–H and O–H groups in total. The van der Waals surface area contributed by atoms with Gasteiger partial charge in [-0.2, -0.15) is 16.8 Å². The second kappa shape index (κ2) is 8.08. The normalized spacial score (nSPS) is 11.7. The fraction of sp³-hybridized carbons (Fsp3) is 1.00. The molecule has 0 radical (unpaired) electrons. The molecule has 16 heavy (non-hydrogen) atoms. The van der Waals surface area contributed by atoms with E-state index in [4.69, 9.17) is 18.9 Å². The highest BCUT2D eigenvalue weighted by Crippen LogP contribution is 2.33. The molecule has 0 aromatic carbocycles. The van der Waals surface area contributed by atoms with Gasteiger partial charge in [0.25, 0.3) is 20.2 Å². The average Bonchev–Trinajstić information content (AvgIpc) is 1.77. The summed E-state index contributed by atoms with van der Waals surface area (Å²) in [6, 6.07) is 0. The third-order valence-electron chi connectivity index (χ3n) is 0.238. The largest absolute Gasteiger partial charge is 0.469 e. The Bertz CT molecular complexity index is 353. The average molecular weight is 304 g/mol. The molecule has 0 rings (SSSR count). The molecule has 0 aromatic heterocycles. The van der Waals surface area contributed by atoms with E-state index < -0.39 is 28.1 Å². The minimum absolute atomic E-state index is 0.715. The van der Waals surface area contributed by atoms with Crippen molar-refractivity contribution in [3.8, 4) is 0 Å². The van der Waals surface area contributed by atoms with Crippen LogP contribution in [0.3, 0.4) is 0 Å². The lowest BCUT2D eigenvalue weighted by Crippen LogP contribution is -1.88. The van der Waals surface area contributed by atoms with Crippen molar-refractivity contribution in [1.82, 2.24) is 0 Å². The maximum Gasteiger partial charge on any atom is 0.469 e. The molecule has 0 aliphatic heterocycles. The highest BCUT2D eigenvalue weighted by atomic mass is 32.2. The first-order valence-corrected chi connectivity index (χ1v) is 8.25. The van der Waals surface area contributed by atoms with E-state index in [2.05, 4.69) is 4.52 Å². The van der Waals surface area contributed by atoms with E-state index in [1.165, 1.54) is 0 Å². The van der Waals surface area contributed by atoms with Gasteiger partial charge in [-0.05, 0) is 0 Å². The van der Waals surface area contributed by atoms with E-state index >= 15 is 0 Å². The van der Waals surface area contributed by atoms with Gasteiger partial charge < -0.3 is 9.79 Å². The van der Waals surface area contributed by atoms with Gasteiger partial charge in [0.1, 0.15) is 0 Å². The van der Waals surface area contributed by atoms with E-state index in [0.29, 0.717) is 12.5 Å². The van der Waals surface area contributed by atoms with E-state index in [9.17, 15) is 21.4 Å². The van der Waals surface area contributed by atoms with Gasteiger partial charge in [-0.3, -0.25) is 13.6 Å². The van der Waals surface area contributed by atoms with Crippen LogP contribution in [0.5, 0.6) is 0 Å². The number of rotatable bonds is 1. The lowest BCUT2D eigenvalue weighted by molar-refractivity contribution is 0.235. The number of phosphoric ester groups is 1. The summed E-state index contributed by atoms with van der Waals surface area (Å²) in [6.07, 6.45) is 1.43. The number of hydrogen-bond donors (Lipinski definition) is 4. The zero-order chi connectivity index (χ0) is 14.2. The Hall–Kier alpha value is -0.0700. The topological polar surface area (TPSA) is 176 Å². The first kappa shape index (κ1) is 21.2. The van der Waals surface area contributed by atoms with Crippen LogP contribution in [0.4, 0.5) is 0 Å². The molecule has 0 aliphatic carbocycles. The van der Waals surface area contributed by atoms with Crippen LogP contribution < -0.4 is 0 Å². The van der Waals surface area contributed by atoms with Crippen LogP contribution in [0.1, 0.15) is 0 Å². The molecular formula is C3H13O10PS2. The zero-order valence-electron chi connectivity index (χ0n) is 8.50. The van der Waals surface area contributed by atoms with Crippen molar-refractivity contribution in [3.63, 3.8) is 0 Å². The van der Waals surface area contributed by atoms with E-state index in [1.54, 1.807) is 0 Å². The molecule has 0 saturated heterocycles. The van der Waals surface area contributed by atoms with Crippen molar-refractivity contribution in [3.05, 3.63) is 0 Å². The summed E-state index contributed by atoms with van der Waals surface area (Å²) >= 11 is 0. The summed E-state index contributed by atoms with van der Waals surface area (Å²) in [6.45, 7) is 0. The lowest BCUT2D eigenvalue weighted by Gasteiger charge is -1.93. The van der Waals surface area contributed by atoms with Gasteiger partial charge in [-0.15, -0.1) is 0 Å². The van der Waals surface area contributed by atoms with Crippen molar-refractivity contribution >= 4 is 28.1 Å². The molecule has 0 atom stereocenters. The first-order valence-electron chi connectivity index (χ1n) is 3.02. The fourth-order valence-electron chi connectivity index (χ4n) is 0. The maximum atomic E-state index is 9.47. The zero-order valence-corrected chi connectivity index (χ0v) is 11.0. The molecule has 0 unspecified atom stereocenters. The van der Waals surface area contributed by atoms with Crippen LogP contribution >= 0.6 is 7.82 Å². The van der Waals surface area contributed by atoms with Crippen molar-refractivity contribution < 1.29 is 44.8 Å². The van der Waals surface area contributed by atoms with E-state index in [1.807, 2.05) is 0 Å². The monoisotopic (exact) mass is 304 g/mol. The quantitative estimate of drug-likeness (QED) is 0.337. The SMILES string of the molecule is COP(=O)(O)O.CS(=O)(=O)O.CS(=O)(=O)O. The van der Waals surface area contributed by atoms with Crippen LogP contribution in [0.15, 0.2) is 0 Å². The summed E-state index contributed by atoms with van der Waals surface area (Å²) < 4.78 is 64.8. The number of hydrogen-bond acceptors (Lipinski definition) is 6. The van der Waals surface area contributed by atoms with Gasteiger partial charge in [0.05, 0.1) is 12.5 Å². The van der Waals surface area contributed by atoms with Gasteiger partial charge in [0.15, 0.2) is 0 Å². The Labute approximate surface area is 93.0 Å². The molecule has 0 aromatic rings. The van der Waals surface area contributed by atoms with Gasteiger partial charge in [0.2, 0.25) is 0 Å². The van der Waals surface area contributed by atoms with Crippen LogP contribution in [-0.2, 0) is 29.3 Å².